The van der Waals surface area contributed by atoms with Gasteiger partial charge in [0.05, 0.1) is 27.3 Å². The third kappa shape index (κ3) is 6.73. The fourth-order valence-electron chi connectivity index (χ4n) is 4.58. The second kappa shape index (κ2) is 11.1. The highest BCUT2D eigenvalue weighted by atomic mass is 32.2. The van der Waals surface area contributed by atoms with Gasteiger partial charge in [-0.3, -0.25) is 4.79 Å². The first-order chi connectivity index (χ1) is 16.8. The van der Waals surface area contributed by atoms with Crippen LogP contribution in [0.4, 0.5) is 0 Å². The number of nitrogens with one attached hydrogen (secondary N) is 1. The number of nitrogens with two attached hydrogens (primary N) is 1. The molecule has 9 nitrogen and oxygen atoms in total. The summed E-state index contributed by atoms with van der Waals surface area (Å²) in [6, 6.07) is 5.30. The van der Waals surface area contributed by atoms with Gasteiger partial charge in [0.1, 0.15) is 5.82 Å². The number of nitrogens with zero attached hydrogens (tertiary/aromatic N) is 4. The van der Waals surface area contributed by atoms with E-state index in [0.717, 1.165) is 43.3 Å². The lowest BCUT2D eigenvalue weighted by Gasteiger charge is -2.32. The Morgan fingerprint density at radius 3 is 2.47 bits per heavy atom. The highest BCUT2D eigenvalue weighted by molar-refractivity contribution is 7.91. The van der Waals surface area contributed by atoms with Crippen LogP contribution in [0.15, 0.2) is 34.9 Å². The van der Waals surface area contributed by atoms with E-state index in [1.54, 1.807) is 17.0 Å². The zero-order chi connectivity index (χ0) is 26.7. The fourth-order valence-corrected chi connectivity index (χ4v) is 6.30. The molecule has 1 aliphatic rings. The molecule has 10 heteroatoms. The van der Waals surface area contributed by atoms with Gasteiger partial charge < -0.3 is 25.5 Å². The molecule has 36 heavy (non-hydrogen) atoms. The number of hydrogen-bond acceptors (Lipinski definition) is 7. The monoisotopic (exact) mass is 516 g/mol. The zero-order valence-corrected chi connectivity index (χ0v) is 22.9. The van der Waals surface area contributed by atoms with Crippen molar-refractivity contribution in [2.24, 2.45) is 17.1 Å². The number of piperidine rings is 1. The largest absolute Gasteiger partial charge is 0.404 e. The maximum absolute atomic E-state index is 13.3. The van der Waals surface area contributed by atoms with Gasteiger partial charge in [-0.05, 0) is 56.5 Å². The summed E-state index contributed by atoms with van der Waals surface area (Å²) in [5.41, 5.74) is 7.29. The standard InChI is InChI=1S/C26H40N6O3S/c1-26(2,3)15-24-29-22-14-21(6-7-23(22)32(24)13-12-30(4)5)36(34,35)18-19-8-10-31(11-9-19)25(33)20(16-27)17-28/h6-7,14,16-17,19,27H,8-13,15,18,28H2,1-5H3. The van der Waals surface area contributed by atoms with Gasteiger partial charge in [-0.15, -0.1) is 0 Å². The van der Waals surface area contributed by atoms with E-state index in [1.165, 1.54) is 0 Å². The fraction of sp³-hybridized carbons (Fsp3) is 0.577. The van der Waals surface area contributed by atoms with Crippen molar-refractivity contribution < 1.29 is 13.2 Å². The number of aromatic nitrogens is 2. The van der Waals surface area contributed by atoms with Crippen LogP contribution in [0.25, 0.3) is 11.0 Å². The first kappa shape index (κ1) is 27.9. The molecule has 3 N–H and O–H groups in total. The van der Waals surface area contributed by atoms with Gasteiger partial charge in [-0.2, -0.15) is 0 Å². The van der Waals surface area contributed by atoms with Crippen LogP contribution in [0.1, 0.15) is 39.4 Å². The lowest BCUT2D eigenvalue weighted by Crippen LogP contribution is -2.41. The first-order valence-electron chi connectivity index (χ1n) is 12.4. The molecule has 1 aliphatic heterocycles. The van der Waals surface area contributed by atoms with E-state index >= 15 is 0 Å². The Balaban J connectivity index is 1.78. The van der Waals surface area contributed by atoms with Crippen LogP contribution in [0.5, 0.6) is 0 Å². The average molecular weight is 517 g/mol. The summed E-state index contributed by atoms with van der Waals surface area (Å²) in [6.07, 6.45) is 4.07. The van der Waals surface area contributed by atoms with E-state index in [4.69, 9.17) is 16.1 Å². The smallest absolute Gasteiger partial charge is 0.256 e. The third-order valence-corrected chi connectivity index (χ3v) is 8.44. The number of sulfone groups is 1. The lowest BCUT2D eigenvalue weighted by atomic mass is 9.92. The molecular formula is C26H40N6O3S. The summed E-state index contributed by atoms with van der Waals surface area (Å²) in [6.45, 7) is 9.09. The minimum atomic E-state index is -3.51. The molecule has 1 fully saturated rings. The molecule has 0 bridgehead atoms. The predicted octanol–water partition coefficient (Wildman–Crippen LogP) is 2.69. The number of likely N-dealkylation sites (N-methyl/N-ethyl adjacent to an activating group) is 1. The molecule has 1 aromatic carbocycles. The van der Waals surface area contributed by atoms with E-state index in [9.17, 15) is 13.2 Å². The summed E-state index contributed by atoms with van der Waals surface area (Å²) >= 11 is 0. The summed E-state index contributed by atoms with van der Waals surface area (Å²) in [5, 5.41) is 7.31. The van der Waals surface area contributed by atoms with Crippen LogP contribution in [0, 0.1) is 16.7 Å². The van der Waals surface area contributed by atoms with Crippen molar-refractivity contribution in [2.75, 3.05) is 39.5 Å². The van der Waals surface area contributed by atoms with Gasteiger partial charge >= 0.3 is 0 Å². The van der Waals surface area contributed by atoms with Gasteiger partial charge in [0, 0.05) is 45.0 Å². The van der Waals surface area contributed by atoms with Crippen LogP contribution in [0.3, 0.4) is 0 Å². The molecule has 0 unspecified atom stereocenters. The first-order valence-corrected chi connectivity index (χ1v) is 14.1. The number of rotatable bonds is 9. The molecule has 0 atom stereocenters. The lowest BCUT2D eigenvalue weighted by molar-refractivity contribution is -0.127. The highest BCUT2D eigenvalue weighted by Crippen LogP contribution is 2.28. The van der Waals surface area contributed by atoms with Crippen molar-refractivity contribution in [2.45, 2.75) is 51.5 Å². The molecule has 0 aliphatic carbocycles. The summed E-state index contributed by atoms with van der Waals surface area (Å²) in [7, 11) is 0.566. The van der Waals surface area contributed by atoms with Crippen LogP contribution >= 0.6 is 0 Å². The van der Waals surface area contributed by atoms with Crippen molar-refractivity contribution >= 4 is 33.0 Å². The number of likely N-dealkylation sites (tertiary alicyclic amines) is 1. The normalized spacial score (nSPS) is 16.2. The molecule has 198 valence electrons. The van der Waals surface area contributed by atoms with Gasteiger partial charge in [0.15, 0.2) is 9.84 Å². The average Bonchev–Trinajstić information content (AvgIpc) is 3.13. The molecule has 0 radical (unpaired) electrons. The molecule has 2 aromatic rings. The van der Waals surface area contributed by atoms with Gasteiger partial charge in [-0.1, -0.05) is 20.8 Å². The molecule has 1 saturated heterocycles. The summed E-state index contributed by atoms with van der Waals surface area (Å²) in [5.74, 6) is 0.701. The number of fused-ring (bicyclic) bond motifs is 1. The van der Waals surface area contributed by atoms with Gasteiger partial charge in [0.2, 0.25) is 0 Å². The topological polar surface area (TPSA) is 125 Å². The van der Waals surface area contributed by atoms with E-state index in [2.05, 4.69) is 30.2 Å². The van der Waals surface area contributed by atoms with Crippen molar-refractivity contribution in [1.82, 2.24) is 19.4 Å². The Labute approximate surface area is 214 Å². The summed E-state index contributed by atoms with van der Waals surface area (Å²) in [4.78, 5) is 21.3. The Morgan fingerprint density at radius 2 is 1.92 bits per heavy atom. The second-order valence-corrected chi connectivity index (χ2v) is 13.2. The van der Waals surface area contributed by atoms with E-state index in [-0.39, 0.29) is 28.6 Å². The van der Waals surface area contributed by atoms with Crippen molar-refractivity contribution in [3.8, 4) is 0 Å². The number of carbonyl (C=O) groups is 1. The third-order valence-electron chi connectivity index (χ3n) is 6.56. The second-order valence-electron chi connectivity index (χ2n) is 11.2. The van der Waals surface area contributed by atoms with Crippen LogP contribution in [0.2, 0.25) is 0 Å². The number of amides is 1. The maximum Gasteiger partial charge on any atom is 0.256 e. The zero-order valence-electron chi connectivity index (χ0n) is 22.1. The molecule has 0 saturated carbocycles. The molecule has 0 spiro atoms. The molecule has 1 amide bonds. The molecule has 2 heterocycles. The summed E-state index contributed by atoms with van der Waals surface area (Å²) < 4.78 is 28.8. The van der Waals surface area contributed by atoms with Gasteiger partial charge in [-0.25, -0.2) is 13.4 Å². The quantitative estimate of drug-likeness (QED) is 0.390. The van der Waals surface area contributed by atoms with Crippen LogP contribution in [-0.2, 0) is 27.6 Å². The minimum Gasteiger partial charge on any atom is -0.404 e. The molecule has 1 aromatic heterocycles. The van der Waals surface area contributed by atoms with Crippen molar-refractivity contribution in [3.05, 3.63) is 35.8 Å². The SMILES string of the molecule is CN(C)CCn1c(CC(C)(C)C)nc2cc(S(=O)(=O)CC3CCN(C(=O)C(C=N)=CN)CC3)ccc21. The van der Waals surface area contributed by atoms with E-state index in [1.807, 2.05) is 20.2 Å². The number of imidazole rings is 1. The Kier molecular flexibility index (Phi) is 8.61. The minimum absolute atomic E-state index is 0.0332. The Morgan fingerprint density at radius 1 is 1.25 bits per heavy atom. The van der Waals surface area contributed by atoms with E-state index < -0.39 is 9.84 Å². The van der Waals surface area contributed by atoms with Gasteiger partial charge in [0.25, 0.3) is 5.91 Å². The Bertz CT molecular complexity index is 1230. The highest BCUT2D eigenvalue weighted by Gasteiger charge is 2.29. The number of carbonyl (C=O) groups excluding carboxylic acids is 1. The molecule has 3 rings (SSSR count). The predicted molar refractivity (Wildman–Crippen MR) is 144 cm³/mol. The van der Waals surface area contributed by atoms with Crippen molar-refractivity contribution in [1.29, 1.82) is 5.41 Å². The maximum atomic E-state index is 13.3. The van der Waals surface area contributed by atoms with Crippen LogP contribution in [-0.4, -0.2) is 79.4 Å². The number of hydrogen-bond donors (Lipinski definition) is 2. The number of benzene rings is 1. The Hall–Kier alpha value is -2.72. The molecular weight excluding hydrogens is 476 g/mol. The van der Waals surface area contributed by atoms with Crippen LogP contribution < -0.4 is 5.73 Å². The van der Waals surface area contributed by atoms with E-state index in [0.29, 0.717) is 36.3 Å². The van der Waals surface area contributed by atoms with Crippen molar-refractivity contribution in [3.63, 3.8) is 0 Å².